The zero-order valence-corrected chi connectivity index (χ0v) is 13.2. The van der Waals surface area contributed by atoms with E-state index in [0.29, 0.717) is 16.5 Å². The molecule has 21 heavy (non-hydrogen) atoms. The van der Waals surface area contributed by atoms with E-state index < -0.39 is 0 Å². The molecule has 1 N–H and O–H groups in total. The minimum absolute atomic E-state index is 0.522. The number of hydrogen-bond acceptors (Lipinski definition) is 1. The molecule has 3 aromatic rings. The maximum atomic E-state index is 6.03. The van der Waals surface area contributed by atoms with Crippen molar-refractivity contribution < 1.29 is 0 Å². The second-order valence-electron chi connectivity index (χ2n) is 4.67. The fourth-order valence-corrected chi connectivity index (χ4v) is 2.61. The molecule has 0 radical (unpaired) electrons. The fraction of sp³-hybridized carbons (Fsp3) is 0.0625. The van der Waals surface area contributed by atoms with Crippen LogP contribution < -0.4 is 0 Å². The second kappa shape index (κ2) is 6.10. The molecule has 106 valence electrons. The first-order valence-corrected chi connectivity index (χ1v) is 7.49. The highest BCUT2D eigenvalue weighted by Gasteiger charge is 2.07. The van der Waals surface area contributed by atoms with Crippen LogP contribution in [0.3, 0.4) is 0 Å². The summed E-state index contributed by atoms with van der Waals surface area (Å²) in [6.45, 7) is 0. The van der Waals surface area contributed by atoms with E-state index in [2.05, 4.69) is 9.97 Å². The molecule has 0 spiro atoms. The van der Waals surface area contributed by atoms with Gasteiger partial charge in [-0.15, -0.1) is 0 Å². The first-order valence-electron chi connectivity index (χ1n) is 6.36. The van der Waals surface area contributed by atoms with Gasteiger partial charge in [0.2, 0.25) is 0 Å². The molecule has 0 atom stereocenters. The van der Waals surface area contributed by atoms with Crippen LogP contribution in [-0.2, 0) is 6.42 Å². The topological polar surface area (TPSA) is 28.7 Å². The number of nitrogens with zero attached hydrogens (tertiary/aromatic N) is 1. The molecular weight excluding hydrogens is 327 g/mol. The number of imidazole rings is 1. The summed E-state index contributed by atoms with van der Waals surface area (Å²) in [4.78, 5) is 7.75. The average Bonchev–Trinajstić information content (AvgIpc) is 2.90. The summed E-state index contributed by atoms with van der Waals surface area (Å²) in [5.41, 5.74) is 2.88. The van der Waals surface area contributed by atoms with Crippen molar-refractivity contribution in [2.45, 2.75) is 6.42 Å². The van der Waals surface area contributed by atoms with Gasteiger partial charge in [-0.2, -0.15) is 0 Å². The van der Waals surface area contributed by atoms with Crippen molar-refractivity contribution in [3.8, 4) is 11.3 Å². The maximum absolute atomic E-state index is 6.03. The van der Waals surface area contributed by atoms with Crippen LogP contribution in [0.2, 0.25) is 15.1 Å². The number of hydrogen-bond donors (Lipinski definition) is 1. The Kier molecular flexibility index (Phi) is 4.20. The van der Waals surface area contributed by atoms with E-state index in [4.69, 9.17) is 34.8 Å². The van der Waals surface area contributed by atoms with Crippen molar-refractivity contribution >= 4 is 34.8 Å². The third-order valence-electron chi connectivity index (χ3n) is 3.11. The quantitative estimate of drug-likeness (QED) is 0.659. The van der Waals surface area contributed by atoms with E-state index in [0.717, 1.165) is 27.7 Å². The Morgan fingerprint density at radius 1 is 0.952 bits per heavy atom. The van der Waals surface area contributed by atoms with E-state index in [1.807, 2.05) is 42.6 Å². The Bertz CT molecular complexity index is 781. The molecule has 0 unspecified atom stereocenters. The Balaban J connectivity index is 1.84. The SMILES string of the molecule is Clc1cccc(Cc2nc(-c3ccc(Cl)c(Cl)c3)c[nH]2)c1. The molecule has 0 aliphatic heterocycles. The van der Waals surface area contributed by atoms with Gasteiger partial charge in [0.15, 0.2) is 0 Å². The van der Waals surface area contributed by atoms with Crippen molar-refractivity contribution in [2.24, 2.45) is 0 Å². The normalized spacial score (nSPS) is 10.8. The molecule has 2 nitrogen and oxygen atoms in total. The molecule has 0 amide bonds. The lowest BCUT2D eigenvalue weighted by Crippen LogP contribution is -1.90. The maximum Gasteiger partial charge on any atom is 0.111 e. The van der Waals surface area contributed by atoms with Gasteiger partial charge in [0.25, 0.3) is 0 Å². The van der Waals surface area contributed by atoms with Gasteiger partial charge in [-0.1, -0.05) is 53.0 Å². The van der Waals surface area contributed by atoms with Gasteiger partial charge in [-0.3, -0.25) is 0 Å². The Hall–Kier alpha value is -1.48. The van der Waals surface area contributed by atoms with E-state index >= 15 is 0 Å². The first kappa shape index (κ1) is 14.5. The highest BCUT2D eigenvalue weighted by atomic mass is 35.5. The first-order chi connectivity index (χ1) is 10.1. The summed E-state index contributed by atoms with van der Waals surface area (Å²) >= 11 is 17.9. The number of aromatic nitrogens is 2. The van der Waals surface area contributed by atoms with Crippen LogP contribution in [0.25, 0.3) is 11.3 Å². The number of H-pyrrole nitrogens is 1. The standard InChI is InChI=1S/C16H11Cl3N2/c17-12-3-1-2-10(6-12)7-16-20-9-15(21-16)11-4-5-13(18)14(19)8-11/h1-6,8-9H,7H2,(H,20,21). The minimum Gasteiger partial charge on any atom is -0.348 e. The second-order valence-corrected chi connectivity index (χ2v) is 5.92. The summed E-state index contributed by atoms with van der Waals surface area (Å²) in [5, 5.41) is 1.78. The summed E-state index contributed by atoms with van der Waals surface area (Å²) in [7, 11) is 0. The number of aromatic amines is 1. The van der Waals surface area contributed by atoms with Gasteiger partial charge in [0, 0.05) is 23.2 Å². The zero-order valence-electron chi connectivity index (χ0n) is 10.9. The van der Waals surface area contributed by atoms with Crippen molar-refractivity contribution in [1.29, 1.82) is 0 Å². The van der Waals surface area contributed by atoms with Gasteiger partial charge >= 0.3 is 0 Å². The lowest BCUT2D eigenvalue weighted by molar-refractivity contribution is 1.03. The Morgan fingerprint density at radius 3 is 2.57 bits per heavy atom. The summed E-state index contributed by atoms with van der Waals surface area (Å²) in [5.74, 6) is 0.873. The zero-order chi connectivity index (χ0) is 14.8. The highest BCUT2D eigenvalue weighted by molar-refractivity contribution is 6.42. The van der Waals surface area contributed by atoms with Gasteiger partial charge < -0.3 is 4.98 Å². The highest BCUT2D eigenvalue weighted by Crippen LogP contribution is 2.27. The predicted molar refractivity (Wildman–Crippen MR) is 88.3 cm³/mol. The van der Waals surface area contributed by atoms with E-state index in [-0.39, 0.29) is 0 Å². The van der Waals surface area contributed by atoms with Crippen LogP contribution in [0.4, 0.5) is 0 Å². The molecule has 0 aliphatic carbocycles. The number of benzene rings is 2. The van der Waals surface area contributed by atoms with Crippen LogP contribution in [0.15, 0.2) is 48.7 Å². The largest absolute Gasteiger partial charge is 0.348 e. The van der Waals surface area contributed by atoms with E-state index in [1.165, 1.54) is 0 Å². The lowest BCUT2D eigenvalue weighted by atomic mass is 10.1. The number of halogens is 3. The summed E-state index contributed by atoms with van der Waals surface area (Å²) in [6, 6.07) is 13.2. The van der Waals surface area contributed by atoms with Gasteiger partial charge in [0.05, 0.1) is 15.7 Å². The molecule has 0 aliphatic rings. The molecule has 0 saturated carbocycles. The van der Waals surface area contributed by atoms with Crippen LogP contribution in [-0.4, -0.2) is 9.97 Å². The average molecular weight is 338 g/mol. The van der Waals surface area contributed by atoms with Crippen molar-refractivity contribution in [3.05, 3.63) is 75.1 Å². The lowest BCUT2D eigenvalue weighted by Gasteiger charge is -2.00. The van der Waals surface area contributed by atoms with E-state index in [9.17, 15) is 0 Å². The molecular formula is C16H11Cl3N2. The molecule has 3 rings (SSSR count). The van der Waals surface area contributed by atoms with Gasteiger partial charge in [-0.05, 0) is 29.8 Å². The van der Waals surface area contributed by atoms with E-state index in [1.54, 1.807) is 6.07 Å². The van der Waals surface area contributed by atoms with Gasteiger partial charge in [0.1, 0.15) is 5.82 Å². The molecule has 0 bridgehead atoms. The minimum atomic E-state index is 0.522. The molecule has 1 heterocycles. The number of rotatable bonds is 3. The molecule has 1 aromatic heterocycles. The number of nitrogens with one attached hydrogen (secondary N) is 1. The van der Waals surface area contributed by atoms with Crippen LogP contribution >= 0.6 is 34.8 Å². The van der Waals surface area contributed by atoms with Crippen molar-refractivity contribution in [2.75, 3.05) is 0 Å². The van der Waals surface area contributed by atoms with Crippen LogP contribution in [0.1, 0.15) is 11.4 Å². The molecule has 0 fully saturated rings. The van der Waals surface area contributed by atoms with Crippen molar-refractivity contribution in [3.63, 3.8) is 0 Å². The molecule has 2 aromatic carbocycles. The Morgan fingerprint density at radius 2 is 1.81 bits per heavy atom. The molecule has 5 heteroatoms. The summed E-state index contributed by atoms with van der Waals surface area (Å²) < 4.78 is 0. The molecule has 0 saturated heterocycles. The van der Waals surface area contributed by atoms with Crippen molar-refractivity contribution in [1.82, 2.24) is 9.97 Å². The fourth-order valence-electron chi connectivity index (χ4n) is 2.10. The Labute approximate surface area is 137 Å². The third-order valence-corrected chi connectivity index (χ3v) is 4.08. The smallest absolute Gasteiger partial charge is 0.111 e. The monoisotopic (exact) mass is 336 g/mol. The summed E-state index contributed by atoms with van der Waals surface area (Å²) in [6.07, 6.45) is 2.56. The third kappa shape index (κ3) is 3.41. The van der Waals surface area contributed by atoms with Gasteiger partial charge in [-0.25, -0.2) is 4.98 Å². The van der Waals surface area contributed by atoms with Crippen LogP contribution in [0, 0.1) is 0 Å². The predicted octanol–water partition coefficient (Wildman–Crippen LogP) is 5.63. The van der Waals surface area contributed by atoms with Crippen LogP contribution in [0.5, 0.6) is 0 Å².